The Balaban J connectivity index is 1.53. The molecule has 0 unspecified atom stereocenters. The van der Waals surface area contributed by atoms with Gasteiger partial charge in [0.15, 0.2) is 5.82 Å². The number of benzene rings is 1. The molecule has 1 saturated carbocycles. The lowest BCUT2D eigenvalue weighted by molar-refractivity contribution is 0.102. The second-order valence-corrected chi connectivity index (χ2v) is 8.73. The zero-order valence-corrected chi connectivity index (χ0v) is 18.9. The van der Waals surface area contributed by atoms with Gasteiger partial charge in [-0.1, -0.05) is 42.6 Å². The number of hydrogen-bond donors (Lipinski definition) is 1. The van der Waals surface area contributed by atoms with Gasteiger partial charge in [0, 0.05) is 35.7 Å². The molecule has 1 fully saturated rings. The van der Waals surface area contributed by atoms with Crippen molar-refractivity contribution in [2.45, 2.75) is 65.5 Å². The van der Waals surface area contributed by atoms with Crippen LogP contribution in [0.4, 0.5) is 5.69 Å². The zero-order chi connectivity index (χ0) is 22.0. The van der Waals surface area contributed by atoms with Gasteiger partial charge in [-0.25, -0.2) is 0 Å². The number of aromatic nitrogens is 2. The van der Waals surface area contributed by atoms with E-state index in [1.165, 1.54) is 32.1 Å². The molecule has 1 amide bonds. The maximum absolute atomic E-state index is 13.2. The Labute approximate surface area is 184 Å². The highest BCUT2D eigenvalue weighted by atomic mass is 16.5. The van der Waals surface area contributed by atoms with Crippen molar-refractivity contribution in [1.82, 2.24) is 14.6 Å². The second kappa shape index (κ2) is 9.10. The summed E-state index contributed by atoms with van der Waals surface area (Å²) in [6.07, 6.45) is 6.50. The molecule has 0 saturated heterocycles. The van der Waals surface area contributed by atoms with Crippen molar-refractivity contribution in [3.63, 3.8) is 0 Å². The monoisotopic (exact) mass is 420 g/mol. The molecule has 4 rings (SSSR count). The molecule has 1 aliphatic carbocycles. The number of carbonyl (C=O) groups excluding carboxylic acids is 1. The van der Waals surface area contributed by atoms with Crippen molar-refractivity contribution >= 4 is 11.6 Å². The van der Waals surface area contributed by atoms with Crippen LogP contribution in [0.15, 0.2) is 40.9 Å². The van der Waals surface area contributed by atoms with Crippen molar-refractivity contribution in [1.29, 1.82) is 0 Å². The van der Waals surface area contributed by atoms with E-state index in [9.17, 15) is 4.79 Å². The normalized spacial score (nSPS) is 14.9. The molecule has 0 atom stereocenters. The molecule has 1 aromatic carbocycles. The molecular weight excluding hydrogens is 388 g/mol. The third-order valence-corrected chi connectivity index (χ3v) is 6.40. The Morgan fingerprint density at radius 3 is 2.61 bits per heavy atom. The van der Waals surface area contributed by atoms with Crippen LogP contribution in [0.3, 0.4) is 0 Å². The number of amides is 1. The Hall–Kier alpha value is -2.86. The molecule has 0 aliphatic heterocycles. The minimum absolute atomic E-state index is 0.104. The number of hydrogen-bond acceptors (Lipinski definition) is 4. The first-order valence-corrected chi connectivity index (χ1v) is 11.2. The van der Waals surface area contributed by atoms with Gasteiger partial charge >= 0.3 is 0 Å². The average Bonchev–Trinajstić information content (AvgIpc) is 3.32. The molecule has 0 bridgehead atoms. The van der Waals surface area contributed by atoms with Gasteiger partial charge in [-0.3, -0.25) is 14.3 Å². The number of aryl methyl sites for hydroxylation is 2. The van der Waals surface area contributed by atoms with E-state index in [1.807, 2.05) is 55.7 Å². The number of anilines is 1. The van der Waals surface area contributed by atoms with Crippen molar-refractivity contribution in [3.05, 3.63) is 64.7 Å². The van der Waals surface area contributed by atoms with Crippen LogP contribution in [-0.4, -0.2) is 33.6 Å². The molecular formula is C25H32N4O2. The predicted molar refractivity (Wildman–Crippen MR) is 123 cm³/mol. The number of nitrogens with one attached hydrogen (secondary N) is 1. The summed E-state index contributed by atoms with van der Waals surface area (Å²) in [7, 11) is 2.20. The van der Waals surface area contributed by atoms with E-state index in [4.69, 9.17) is 4.52 Å². The minimum Gasteiger partial charge on any atom is -0.360 e. The van der Waals surface area contributed by atoms with Crippen LogP contribution in [0.2, 0.25) is 0 Å². The quantitative estimate of drug-likeness (QED) is 0.579. The van der Waals surface area contributed by atoms with Gasteiger partial charge in [0.1, 0.15) is 5.76 Å². The summed E-state index contributed by atoms with van der Waals surface area (Å²) in [4.78, 5) is 15.6. The molecule has 6 nitrogen and oxygen atoms in total. The number of para-hydroxylation sites is 1. The Morgan fingerprint density at radius 1 is 1.16 bits per heavy atom. The predicted octanol–water partition coefficient (Wildman–Crippen LogP) is 5.41. The smallest absolute Gasteiger partial charge is 0.257 e. The summed E-state index contributed by atoms with van der Waals surface area (Å²) in [6.45, 7) is 6.60. The number of nitrogens with zero attached hydrogens (tertiary/aromatic N) is 3. The summed E-state index contributed by atoms with van der Waals surface area (Å²) in [5, 5.41) is 7.26. The largest absolute Gasteiger partial charge is 0.360 e. The first-order chi connectivity index (χ1) is 14.9. The number of carbonyl (C=O) groups is 1. The molecule has 164 valence electrons. The van der Waals surface area contributed by atoms with Crippen molar-refractivity contribution in [2.24, 2.45) is 0 Å². The maximum Gasteiger partial charge on any atom is 0.257 e. The molecule has 1 N–H and O–H groups in total. The molecule has 3 aromatic rings. The average molecular weight is 421 g/mol. The molecule has 2 aromatic heterocycles. The second-order valence-electron chi connectivity index (χ2n) is 8.73. The number of rotatable bonds is 6. The van der Waals surface area contributed by atoms with Gasteiger partial charge in [0.2, 0.25) is 0 Å². The molecule has 31 heavy (non-hydrogen) atoms. The zero-order valence-electron chi connectivity index (χ0n) is 18.9. The van der Waals surface area contributed by atoms with Crippen LogP contribution in [0.25, 0.3) is 5.82 Å². The highest BCUT2D eigenvalue weighted by Gasteiger charge is 2.21. The lowest BCUT2D eigenvalue weighted by atomic mass is 9.94. The van der Waals surface area contributed by atoms with Crippen LogP contribution in [-0.2, 0) is 6.54 Å². The van der Waals surface area contributed by atoms with Gasteiger partial charge in [-0.2, -0.15) is 0 Å². The van der Waals surface area contributed by atoms with E-state index >= 15 is 0 Å². The standard InChI is InChI=1S/C25H32N4O2/c1-17-14-22(19(3)29(17)24-15-18(2)31-27-24)25(30)26-23-13-9-8-10-20(23)16-28(4)21-11-6-5-7-12-21/h8-10,13-15,21H,5-7,11-12,16H2,1-4H3,(H,26,30). The van der Waals surface area contributed by atoms with E-state index in [0.717, 1.165) is 34.9 Å². The van der Waals surface area contributed by atoms with Crippen molar-refractivity contribution in [2.75, 3.05) is 12.4 Å². The Morgan fingerprint density at radius 2 is 1.90 bits per heavy atom. The lowest BCUT2D eigenvalue weighted by Gasteiger charge is -2.31. The summed E-state index contributed by atoms with van der Waals surface area (Å²) < 4.78 is 7.17. The first kappa shape index (κ1) is 21.4. The summed E-state index contributed by atoms with van der Waals surface area (Å²) >= 11 is 0. The van der Waals surface area contributed by atoms with Gasteiger partial charge < -0.3 is 9.84 Å². The third kappa shape index (κ3) is 4.59. The fourth-order valence-electron chi connectivity index (χ4n) is 4.69. The fourth-order valence-corrected chi connectivity index (χ4v) is 4.69. The van der Waals surface area contributed by atoms with Crippen molar-refractivity contribution < 1.29 is 9.32 Å². The van der Waals surface area contributed by atoms with Crippen LogP contribution < -0.4 is 5.32 Å². The Bertz CT molecular complexity index is 1060. The molecule has 6 heteroatoms. The van der Waals surface area contributed by atoms with E-state index in [1.54, 1.807) is 0 Å². The Kier molecular flexibility index (Phi) is 6.28. The van der Waals surface area contributed by atoms with Crippen LogP contribution in [0.1, 0.15) is 65.2 Å². The SMILES string of the molecule is Cc1cc(-n2c(C)cc(C(=O)Nc3ccccc3CN(C)C3CCCCC3)c2C)no1. The van der Waals surface area contributed by atoms with Crippen molar-refractivity contribution in [3.8, 4) is 5.82 Å². The highest BCUT2D eigenvalue weighted by molar-refractivity contribution is 6.05. The topological polar surface area (TPSA) is 63.3 Å². The first-order valence-electron chi connectivity index (χ1n) is 11.2. The molecule has 2 heterocycles. The minimum atomic E-state index is -0.104. The van der Waals surface area contributed by atoms with Crippen LogP contribution >= 0.6 is 0 Å². The molecule has 0 spiro atoms. The summed E-state index contributed by atoms with van der Waals surface area (Å²) in [5.74, 6) is 1.33. The van der Waals surface area contributed by atoms with Gasteiger partial charge in [-0.05, 0) is 58.4 Å². The van der Waals surface area contributed by atoms with E-state index in [0.29, 0.717) is 17.4 Å². The summed E-state index contributed by atoms with van der Waals surface area (Å²) in [6, 6.07) is 12.5. The van der Waals surface area contributed by atoms with E-state index in [-0.39, 0.29) is 5.91 Å². The van der Waals surface area contributed by atoms with E-state index < -0.39 is 0 Å². The van der Waals surface area contributed by atoms with Gasteiger partial charge in [0.25, 0.3) is 5.91 Å². The third-order valence-electron chi connectivity index (χ3n) is 6.40. The molecule has 1 aliphatic rings. The molecule has 0 radical (unpaired) electrons. The fraction of sp³-hybridized carbons (Fsp3) is 0.440. The summed E-state index contributed by atoms with van der Waals surface area (Å²) in [5.41, 5.74) is 4.46. The maximum atomic E-state index is 13.2. The van der Waals surface area contributed by atoms with Crippen LogP contribution in [0, 0.1) is 20.8 Å². The highest BCUT2D eigenvalue weighted by Crippen LogP contribution is 2.26. The lowest BCUT2D eigenvalue weighted by Crippen LogP contribution is -2.33. The van der Waals surface area contributed by atoms with E-state index in [2.05, 4.69) is 28.5 Å². The van der Waals surface area contributed by atoms with Crippen LogP contribution in [0.5, 0.6) is 0 Å². The van der Waals surface area contributed by atoms with Gasteiger partial charge in [0.05, 0.1) is 5.56 Å². The van der Waals surface area contributed by atoms with Gasteiger partial charge in [-0.15, -0.1) is 0 Å².